The summed E-state index contributed by atoms with van der Waals surface area (Å²) >= 11 is 0. The number of anilines is 4. The minimum atomic E-state index is -1.23. The van der Waals surface area contributed by atoms with Crippen LogP contribution in [0.1, 0.15) is 41.4 Å². The Morgan fingerprint density at radius 1 is 1.21 bits per heavy atom. The van der Waals surface area contributed by atoms with E-state index in [1.54, 1.807) is 13.3 Å². The number of rotatable bonds is 10. The highest BCUT2D eigenvalue weighted by atomic mass is 16.5. The van der Waals surface area contributed by atoms with Gasteiger partial charge in [-0.3, -0.25) is 10.00 Å². The molecule has 0 radical (unpaired) electrons. The first kappa shape index (κ1) is 22.1. The number of methoxy groups -OCH3 is 1. The van der Waals surface area contributed by atoms with Crippen LogP contribution in [0.15, 0.2) is 31.1 Å². The number of nitrogens with one attached hydrogen (secondary N) is 3. The van der Waals surface area contributed by atoms with E-state index in [-0.39, 0.29) is 24.0 Å². The lowest BCUT2D eigenvalue weighted by Crippen LogP contribution is -2.38. The fraction of sp³-hybridized carbons (Fsp3) is 0.350. The molecule has 0 aliphatic heterocycles. The Labute approximate surface area is 188 Å². The van der Waals surface area contributed by atoms with E-state index in [4.69, 9.17) is 4.74 Å². The molecule has 1 aliphatic carbocycles. The van der Waals surface area contributed by atoms with E-state index in [9.17, 15) is 14.7 Å². The lowest BCUT2D eigenvalue weighted by atomic mass is 10.2. The summed E-state index contributed by atoms with van der Waals surface area (Å²) < 4.78 is 5.14. The quantitative estimate of drug-likeness (QED) is 0.334. The zero-order valence-electron chi connectivity index (χ0n) is 17.9. The molecule has 3 aromatic rings. The fourth-order valence-electron chi connectivity index (χ4n) is 3.19. The van der Waals surface area contributed by atoms with Gasteiger partial charge >= 0.3 is 12.0 Å². The summed E-state index contributed by atoms with van der Waals surface area (Å²) in [6, 6.07) is -0.444. The van der Waals surface area contributed by atoms with Crippen molar-refractivity contribution in [3.8, 4) is 0 Å². The molecule has 4 N–H and O–H groups in total. The van der Waals surface area contributed by atoms with Crippen LogP contribution in [0.5, 0.6) is 0 Å². The molecule has 2 amide bonds. The van der Waals surface area contributed by atoms with E-state index in [1.165, 1.54) is 29.8 Å². The van der Waals surface area contributed by atoms with Gasteiger partial charge in [-0.15, -0.1) is 0 Å². The van der Waals surface area contributed by atoms with Crippen molar-refractivity contribution in [3.05, 3.63) is 42.5 Å². The molecular formula is C20H23N9O4. The molecule has 33 heavy (non-hydrogen) atoms. The summed E-state index contributed by atoms with van der Waals surface area (Å²) in [5.74, 6) is -0.918. The molecule has 0 spiro atoms. The Kier molecular flexibility index (Phi) is 6.69. The van der Waals surface area contributed by atoms with Gasteiger partial charge < -0.3 is 20.5 Å². The molecular weight excluding hydrogens is 430 g/mol. The Morgan fingerprint density at radius 2 is 2.00 bits per heavy atom. The van der Waals surface area contributed by atoms with E-state index in [2.05, 4.69) is 40.8 Å². The summed E-state index contributed by atoms with van der Waals surface area (Å²) in [7, 11) is 1.58. The van der Waals surface area contributed by atoms with Crippen LogP contribution in [0.2, 0.25) is 0 Å². The number of aromatic nitrogens is 6. The number of hydrogen-bond acceptors (Lipinski definition) is 9. The van der Waals surface area contributed by atoms with Gasteiger partial charge in [0, 0.05) is 32.4 Å². The second kappa shape index (κ2) is 9.99. The van der Waals surface area contributed by atoms with Gasteiger partial charge in [-0.25, -0.2) is 29.5 Å². The predicted octanol–water partition coefficient (Wildman–Crippen LogP) is 2.38. The normalized spacial score (nSPS) is 12.9. The van der Waals surface area contributed by atoms with Gasteiger partial charge in [0.15, 0.2) is 17.3 Å². The van der Waals surface area contributed by atoms with Gasteiger partial charge in [-0.2, -0.15) is 5.10 Å². The maximum Gasteiger partial charge on any atom is 0.358 e. The molecule has 1 fully saturated rings. The molecule has 172 valence electrons. The van der Waals surface area contributed by atoms with Crippen LogP contribution < -0.4 is 15.5 Å². The molecule has 0 bridgehead atoms. The second-order valence-electron chi connectivity index (χ2n) is 7.38. The molecule has 1 saturated carbocycles. The monoisotopic (exact) mass is 453 g/mol. The topological polar surface area (TPSA) is 171 Å². The first-order valence-corrected chi connectivity index (χ1v) is 10.3. The number of aromatic carboxylic acids is 1. The average molecular weight is 453 g/mol. The van der Waals surface area contributed by atoms with Gasteiger partial charge in [0.1, 0.15) is 6.33 Å². The smallest absolute Gasteiger partial charge is 0.358 e. The van der Waals surface area contributed by atoms with Crippen molar-refractivity contribution in [2.45, 2.75) is 25.2 Å². The lowest BCUT2D eigenvalue weighted by molar-refractivity contribution is 0.0691. The van der Waals surface area contributed by atoms with Gasteiger partial charge in [0.25, 0.3) is 0 Å². The second-order valence-corrected chi connectivity index (χ2v) is 7.38. The molecule has 0 atom stereocenters. The van der Waals surface area contributed by atoms with E-state index >= 15 is 0 Å². The number of urea groups is 1. The zero-order chi connectivity index (χ0) is 23.2. The van der Waals surface area contributed by atoms with Crippen molar-refractivity contribution in [2.75, 3.05) is 35.8 Å². The van der Waals surface area contributed by atoms with E-state index in [0.717, 1.165) is 12.8 Å². The van der Waals surface area contributed by atoms with Crippen molar-refractivity contribution in [3.63, 3.8) is 0 Å². The number of carboxylic acids is 1. The van der Waals surface area contributed by atoms with Crippen LogP contribution in [-0.2, 0) is 4.74 Å². The van der Waals surface area contributed by atoms with Crippen LogP contribution in [0.25, 0.3) is 0 Å². The van der Waals surface area contributed by atoms with Gasteiger partial charge in [0.2, 0.25) is 0 Å². The van der Waals surface area contributed by atoms with Crippen LogP contribution in [0.3, 0.4) is 0 Å². The lowest BCUT2D eigenvalue weighted by Gasteiger charge is -2.25. The SMILES string of the molecule is COCCCN(C(=O)Nc1cn[nH]c1)c1nc(Nc2cncnc2)c(C(=O)O)nc1C1CC1. The number of nitrogens with zero attached hydrogens (tertiary/aromatic N) is 6. The van der Waals surface area contributed by atoms with Crippen molar-refractivity contribution in [1.82, 2.24) is 30.1 Å². The minimum absolute atomic E-state index is 0.00967. The van der Waals surface area contributed by atoms with Crippen molar-refractivity contribution < 1.29 is 19.4 Å². The summed E-state index contributed by atoms with van der Waals surface area (Å²) in [4.78, 5) is 43.4. The highest BCUT2D eigenvalue weighted by Crippen LogP contribution is 2.43. The van der Waals surface area contributed by atoms with Crippen molar-refractivity contribution >= 4 is 35.0 Å². The van der Waals surface area contributed by atoms with E-state index in [0.29, 0.717) is 35.9 Å². The molecule has 0 unspecified atom stereocenters. The Balaban J connectivity index is 1.75. The largest absolute Gasteiger partial charge is 0.476 e. The standard InChI is InChI=1S/C20H23N9O4/c1-33-6-2-5-29(20(32)26-14-9-23-24-10-14)18-15(12-3-4-12)27-16(19(30)31)17(28-18)25-13-7-21-11-22-8-13/h7-12H,2-6H2,1H3,(H,23,24)(H,25,28)(H,26,32)(H,30,31). The molecule has 0 saturated heterocycles. The summed E-state index contributed by atoms with van der Waals surface area (Å²) in [5, 5.41) is 21.9. The fourth-order valence-corrected chi connectivity index (χ4v) is 3.19. The third kappa shape index (κ3) is 5.38. The number of amides is 2. The Morgan fingerprint density at radius 3 is 2.64 bits per heavy atom. The minimum Gasteiger partial charge on any atom is -0.476 e. The molecule has 4 rings (SSSR count). The van der Waals surface area contributed by atoms with Crippen LogP contribution >= 0.6 is 0 Å². The van der Waals surface area contributed by atoms with E-state index in [1.807, 2.05) is 0 Å². The molecule has 0 aromatic carbocycles. The average Bonchev–Trinajstić information content (AvgIpc) is 3.53. The van der Waals surface area contributed by atoms with Crippen LogP contribution in [0, 0.1) is 0 Å². The highest BCUT2D eigenvalue weighted by Gasteiger charge is 2.34. The number of aromatic amines is 1. The molecule has 1 aliphatic rings. The number of carbonyl (C=O) groups is 2. The van der Waals surface area contributed by atoms with Gasteiger partial charge in [-0.1, -0.05) is 0 Å². The molecule has 13 nitrogen and oxygen atoms in total. The summed E-state index contributed by atoms with van der Waals surface area (Å²) in [6.45, 7) is 0.716. The van der Waals surface area contributed by atoms with Crippen LogP contribution in [0.4, 0.5) is 27.8 Å². The third-order valence-electron chi connectivity index (χ3n) is 4.87. The zero-order valence-corrected chi connectivity index (χ0v) is 17.9. The molecule has 13 heteroatoms. The number of H-pyrrole nitrogens is 1. The number of carbonyl (C=O) groups excluding carboxylic acids is 1. The van der Waals surface area contributed by atoms with E-state index < -0.39 is 12.0 Å². The maximum absolute atomic E-state index is 13.2. The first-order chi connectivity index (χ1) is 16.1. The third-order valence-corrected chi connectivity index (χ3v) is 4.87. The number of hydrogen-bond donors (Lipinski definition) is 4. The maximum atomic E-state index is 13.2. The summed E-state index contributed by atoms with van der Waals surface area (Å²) in [5.41, 5.74) is 1.16. The Hall–Kier alpha value is -4.13. The summed E-state index contributed by atoms with van der Waals surface area (Å²) in [6.07, 6.45) is 9.58. The van der Waals surface area contributed by atoms with Crippen molar-refractivity contribution in [1.29, 1.82) is 0 Å². The number of ether oxygens (including phenoxy) is 1. The predicted molar refractivity (Wildman–Crippen MR) is 118 cm³/mol. The van der Waals surface area contributed by atoms with Crippen molar-refractivity contribution in [2.24, 2.45) is 0 Å². The Bertz CT molecular complexity index is 1100. The molecule has 3 heterocycles. The van der Waals surface area contributed by atoms with Gasteiger partial charge in [-0.05, 0) is 19.3 Å². The first-order valence-electron chi connectivity index (χ1n) is 10.3. The van der Waals surface area contributed by atoms with Crippen LogP contribution in [-0.4, -0.2) is 67.5 Å². The highest BCUT2D eigenvalue weighted by molar-refractivity contribution is 6.02. The van der Waals surface area contributed by atoms with Gasteiger partial charge in [0.05, 0.1) is 35.7 Å². The molecule has 3 aromatic heterocycles. The number of carboxylic acid groups (broad SMARTS) is 1.